The van der Waals surface area contributed by atoms with Gasteiger partial charge in [0.15, 0.2) is 5.78 Å². The molecule has 0 fully saturated rings. The van der Waals surface area contributed by atoms with Crippen molar-refractivity contribution in [3.8, 4) is 0 Å². The van der Waals surface area contributed by atoms with Crippen LogP contribution < -0.4 is 0 Å². The maximum absolute atomic E-state index is 11.7. The Bertz CT molecular complexity index is 653. The minimum atomic E-state index is -1.07. The van der Waals surface area contributed by atoms with Crippen molar-refractivity contribution in [3.63, 3.8) is 0 Å². The van der Waals surface area contributed by atoms with E-state index in [0.717, 1.165) is 22.9 Å². The zero-order chi connectivity index (χ0) is 13.4. The number of aryl methyl sites for hydroxylation is 2. The lowest BCUT2D eigenvalue weighted by molar-refractivity contribution is 0.0682. The number of ketones is 1. The van der Waals surface area contributed by atoms with Gasteiger partial charge in [-0.25, -0.2) is 4.79 Å². The van der Waals surface area contributed by atoms with Crippen LogP contribution in [0.2, 0.25) is 0 Å². The fraction of sp³-hybridized carbons (Fsp3) is 0.286. The Balaban J connectivity index is 3.01. The van der Waals surface area contributed by atoms with Gasteiger partial charge >= 0.3 is 5.97 Å². The average molecular weight is 245 g/mol. The topological polar surface area (TPSA) is 59.3 Å². The zero-order valence-electron chi connectivity index (χ0n) is 10.7. The van der Waals surface area contributed by atoms with Crippen LogP contribution in [-0.4, -0.2) is 21.4 Å². The highest BCUT2D eigenvalue weighted by Gasteiger charge is 2.24. The Labute approximate surface area is 105 Å². The average Bonchev–Trinajstić information content (AvgIpc) is 2.63. The molecule has 0 unspecified atom stereocenters. The molecule has 0 atom stereocenters. The number of carboxylic acids is 1. The minimum absolute atomic E-state index is 0.0680. The molecule has 0 bridgehead atoms. The van der Waals surface area contributed by atoms with E-state index >= 15 is 0 Å². The van der Waals surface area contributed by atoms with Gasteiger partial charge in [-0.1, -0.05) is 25.1 Å². The number of fused-ring (bicyclic) bond motifs is 1. The summed E-state index contributed by atoms with van der Waals surface area (Å²) in [6, 6.07) is 5.62. The molecule has 1 N–H and O–H groups in total. The maximum Gasteiger partial charge on any atom is 0.353 e. The number of benzene rings is 1. The number of carbonyl (C=O) groups is 2. The first-order chi connectivity index (χ1) is 8.49. The monoisotopic (exact) mass is 245 g/mol. The number of hydrogen-bond acceptors (Lipinski definition) is 2. The molecule has 1 aromatic carbocycles. The van der Waals surface area contributed by atoms with Gasteiger partial charge in [0.2, 0.25) is 0 Å². The molecule has 0 aliphatic heterocycles. The molecule has 0 aliphatic rings. The summed E-state index contributed by atoms with van der Waals surface area (Å²) in [4.78, 5) is 23.1. The van der Waals surface area contributed by atoms with Crippen LogP contribution in [0.1, 0.15) is 40.3 Å². The third kappa shape index (κ3) is 1.61. The van der Waals surface area contributed by atoms with Crippen LogP contribution in [0.15, 0.2) is 18.2 Å². The molecule has 94 valence electrons. The van der Waals surface area contributed by atoms with Crippen LogP contribution in [-0.2, 0) is 13.5 Å². The Morgan fingerprint density at radius 1 is 1.33 bits per heavy atom. The van der Waals surface area contributed by atoms with Crippen molar-refractivity contribution in [3.05, 3.63) is 35.0 Å². The lowest BCUT2D eigenvalue weighted by Crippen LogP contribution is -2.09. The number of carbonyl (C=O) groups excluding carboxylic acids is 1. The highest BCUT2D eigenvalue weighted by molar-refractivity contribution is 6.15. The fourth-order valence-electron chi connectivity index (χ4n) is 2.49. The normalized spacial score (nSPS) is 10.8. The Morgan fingerprint density at radius 3 is 2.50 bits per heavy atom. The molecule has 2 aromatic rings. The number of hydrogen-bond donors (Lipinski definition) is 1. The third-order valence-electron chi connectivity index (χ3n) is 3.23. The van der Waals surface area contributed by atoms with E-state index in [-0.39, 0.29) is 11.5 Å². The molecule has 1 aromatic heterocycles. The molecule has 4 nitrogen and oxygen atoms in total. The quantitative estimate of drug-likeness (QED) is 0.846. The number of carboxylic acid groups (broad SMARTS) is 1. The van der Waals surface area contributed by atoms with Gasteiger partial charge in [0.25, 0.3) is 0 Å². The van der Waals surface area contributed by atoms with Crippen LogP contribution in [0.25, 0.3) is 10.9 Å². The summed E-state index contributed by atoms with van der Waals surface area (Å²) in [5.41, 5.74) is 2.25. The smallest absolute Gasteiger partial charge is 0.353 e. The number of aromatic carboxylic acids is 1. The summed E-state index contributed by atoms with van der Waals surface area (Å²) in [5, 5.41) is 10.0. The van der Waals surface area contributed by atoms with Gasteiger partial charge in [0.1, 0.15) is 5.69 Å². The fourth-order valence-corrected chi connectivity index (χ4v) is 2.49. The minimum Gasteiger partial charge on any atom is -0.477 e. The van der Waals surface area contributed by atoms with E-state index < -0.39 is 5.97 Å². The third-order valence-corrected chi connectivity index (χ3v) is 3.23. The number of Topliss-reactive ketones (excluding diaryl/α,β-unsaturated/α-hetero) is 1. The number of aromatic nitrogens is 1. The second kappa shape index (κ2) is 4.29. The lowest BCUT2D eigenvalue weighted by Gasteiger charge is -2.04. The molecular formula is C14H15NO3. The van der Waals surface area contributed by atoms with Crippen molar-refractivity contribution in [2.75, 3.05) is 0 Å². The summed E-state index contributed by atoms with van der Waals surface area (Å²) >= 11 is 0. The van der Waals surface area contributed by atoms with Gasteiger partial charge in [-0.15, -0.1) is 0 Å². The van der Waals surface area contributed by atoms with E-state index in [9.17, 15) is 14.7 Å². The molecule has 0 radical (unpaired) electrons. The van der Waals surface area contributed by atoms with E-state index in [2.05, 4.69) is 0 Å². The standard InChI is InChI=1S/C14H15NO3/c1-4-9-6-5-7-10-11(8(2)16)13(14(17)18)15(3)12(9)10/h5-7H,4H2,1-3H3,(H,17,18). The molecule has 2 rings (SSSR count). The highest BCUT2D eigenvalue weighted by Crippen LogP contribution is 2.28. The Morgan fingerprint density at radius 2 is 2.00 bits per heavy atom. The summed E-state index contributed by atoms with van der Waals surface area (Å²) in [6.45, 7) is 3.41. The second-order valence-electron chi connectivity index (χ2n) is 4.31. The Hall–Kier alpha value is -2.10. The van der Waals surface area contributed by atoms with E-state index in [0.29, 0.717) is 5.56 Å². The van der Waals surface area contributed by atoms with Gasteiger partial charge in [0, 0.05) is 12.4 Å². The van der Waals surface area contributed by atoms with Crippen LogP contribution in [0.5, 0.6) is 0 Å². The van der Waals surface area contributed by atoms with Crippen LogP contribution >= 0.6 is 0 Å². The van der Waals surface area contributed by atoms with Gasteiger partial charge in [-0.3, -0.25) is 4.79 Å². The van der Waals surface area contributed by atoms with Crippen molar-refractivity contribution < 1.29 is 14.7 Å². The van der Waals surface area contributed by atoms with Crippen LogP contribution in [0, 0.1) is 0 Å². The number of nitrogens with zero attached hydrogens (tertiary/aromatic N) is 1. The largest absolute Gasteiger partial charge is 0.477 e. The molecule has 0 amide bonds. The molecule has 4 heteroatoms. The Kier molecular flexibility index (Phi) is 2.95. The lowest BCUT2D eigenvalue weighted by atomic mass is 10.0. The van der Waals surface area contributed by atoms with Gasteiger partial charge in [0.05, 0.1) is 11.1 Å². The predicted molar refractivity (Wildman–Crippen MR) is 69.3 cm³/mol. The summed E-state index contributed by atoms with van der Waals surface area (Å²) in [7, 11) is 1.69. The van der Waals surface area contributed by atoms with Crippen molar-refractivity contribution in [2.45, 2.75) is 20.3 Å². The van der Waals surface area contributed by atoms with E-state index in [1.807, 2.05) is 19.1 Å². The molecule has 0 spiro atoms. The van der Waals surface area contributed by atoms with E-state index in [1.54, 1.807) is 17.7 Å². The van der Waals surface area contributed by atoms with Crippen molar-refractivity contribution in [1.29, 1.82) is 0 Å². The SMILES string of the molecule is CCc1cccc2c(C(C)=O)c(C(=O)O)n(C)c12. The van der Waals surface area contributed by atoms with Gasteiger partial charge < -0.3 is 9.67 Å². The molecule has 1 heterocycles. The number of rotatable bonds is 3. The van der Waals surface area contributed by atoms with E-state index in [1.165, 1.54) is 6.92 Å². The van der Waals surface area contributed by atoms with Crippen molar-refractivity contribution in [2.24, 2.45) is 7.05 Å². The van der Waals surface area contributed by atoms with Crippen molar-refractivity contribution in [1.82, 2.24) is 4.57 Å². The van der Waals surface area contributed by atoms with Crippen LogP contribution in [0.3, 0.4) is 0 Å². The molecular weight excluding hydrogens is 230 g/mol. The number of para-hydroxylation sites is 1. The second-order valence-corrected chi connectivity index (χ2v) is 4.31. The van der Waals surface area contributed by atoms with E-state index in [4.69, 9.17) is 0 Å². The van der Waals surface area contributed by atoms with Crippen LogP contribution in [0.4, 0.5) is 0 Å². The van der Waals surface area contributed by atoms with Gasteiger partial charge in [-0.05, 0) is 18.9 Å². The first-order valence-corrected chi connectivity index (χ1v) is 5.83. The van der Waals surface area contributed by atoms with Crippen molar-refractivity contribution >= 4 is 22.7 Å². The first-order valence-electron chi connectivity index (χ1n) is 5.83. The molecule has 18 heavy (non-hydrogen) atoms. The predicted octanol–water partition coefficient (Wildman–Crippen LogP) is 2.64. The first kappa shape index (κ1) is 12.4. The molecule has 0 aliphatic carbocycles. The summed E-state index contributed by atoms with van der Waals surface area (Å²) in [6.07, 6.45) is 0.797. The summed E-state index contributed by atoms with van der Waals surface area (Å²) < 4.78 is 1.60. The van der Waals surface area contributed by atoms with Gasteiger partial charge in [-0.2, -0.15) is 0 Å². The molecule has 0 saturated carbocycles. The molecule has 0 saturated heterocycles. The highest BCUT2D eigenvalue weighted by atomic mass is 16.4. The zero-order valence-corrected chi connectivity index (χ0v) is 10.7. The summed E-state index contributed by atoms with van der Waals surface area (Å²) in [5.74, 6) is -1.28. The maximum atomic E-state index is 11.7.